The van der Waals surface area contributed by atoms with E-state index in [9.17, 15) is 15.0 Å². The lowest BCUT2D eigenvalue weighted by molar-refractivity contribution is -0.141. The van der Waals surface area contributed by atoms with Gasteiger partial charge in [-0.15, -0.1) is 0 Å². The third kappa shape index (κ3) is 7.06. The Morgan fingerprint density at radius 3 is 2.65 bits per heavy atom. The van der Waals surface area contributed by atoms with Crippen LogP contribution in [0.3, 0.4) is 0 Å². The van der Waals surface area contributed by atoms with Gasteiger partial charge in [0, 0.05) is 17.1 Å². The van der Waals surface area contributed by atoms with Crippen LogP contribution in [0.2, 0.25) is 5.02 Å². The van der Waals surface area contributed by atoms with Crippen LogP contribution in [-0.2, 0) is 4.79 Å². The van der Waals surface area contributed by atoms with E-state index in [2.05, 4.69) is 16.8 Å². The Bertz CT molecular complexity index is 944. The number of carbonyl (C=O) groups is 1. The molecule has 0 saturated carbocycles. The molecule has 1 aromatic carbocycles. The number of pyridine rings is 1. The van der Waals surface area contributed by atoms with Crippen LogP contribution in [0.1, 0.15) is 82.8 Å². The number of likely N-dealkylation sites (tertiary alicyclic amines) is 1. The van der Waals surface area contributed by atoms with Crippen molar-refractivity contribution in [2.45, 2.75) is 77.2 Å². The molecule has 2 heterocycles. The summed E-state index contributed by atoms with van der Waals surface area (Å²) in [6.45, 7) is 5.17. The fraction of sp³-hybridized carbons (Fsp3) is 0.630. The summed E-state index contributed by atoms with van der Waals surface area (Å²) in [5.41, 5.74) is 1.09. The van der Waals surface area contributed by atoms with Gasteiger partial charge in [0.1, 0.15) is 5.75 Å². The average molecular weight is 491 g/mol. The lowest BCUT2D eigenvalue weighted by atomic mass is 9.71. The highest BCUT2D eigenvalue weighted by molar-refractivity contribution is 6.32. The van der Waals surface area contributed by atoms with Crippen LogP contribution in [0, 0.1) is 5.41 Å². The van der Waals surface area contributed by atoms with Crippen LogP contribution in [0.5, 0.6) is 5.75 Å². The molecule has 1 aromatic heterocycles. The monoisotopic (exact) mass is 490 g/mol. The van der Waals surface area contributed by atoms with Crippen molar-refractivity contribution in [1.82, 2.24) is 9.88 Å². The van der Waals surface area contributed by atoms with E-state index >= 15 is 0 Å². The maximum absolute atomic E-state index is 11.7. The van der Waals surface area contributed by atoms with Gasteiger partial charge in [-0.1, -0.05) is 44.2 Å². The van der Waals surface area contributed by atoms with Gasteiger partial charge in [-0.2, -0.15) is 0 Å². The van der Waals surface area contributed by atoms with Gasteiger partial charge in [0.05, 0.1) is 30.2 Å². The quantitative estimate of drug-likeness (QED) is 0.323. The number of carboxylic acids is 1. The number of benzene rings is 1. The second kappa shape index (κ2) is 12.7. The Labute approximate surface area is 208 Å². The van der Waals surface area contributed by atoms with E-state index in [1.54, 1.807) is 13.3 Å². The van der Waals surface area contributed by atoms with Crippen LogP contribution in [0.4, 0.5) is 0 Å². The Balaban J connectivity index is 1.66. The number of fused-ring (bicyclic) bond motifs is 1. The zero-order valence-corrected chi connectivity index (χ0v) is 21.3. The maximum atomic E-state index is 11.7. The standard InChI is InChI=1S/C27H39ClN2O4/c1-3-4-5-6-7-14-30-15-12-27(13-16-30,18-25(32)33)11-10-24(31)26-21-17-20(34-2)8-9-23(21)29-19-22(26)28/h8-9,17,19,24,31H,3-7,10-16,18H2,1-2H3,(H,32,33). The van der Waals surface area contributed by atoms with Crippen molar-refractivity contribution in [2.24, 2.45) is 5.41 Å². The zero-order chi connectivity index (χ0) is 24.6. The number of ether oxygens (including phenoxy) is 1. The highest BCUT2D eigenvalue weighted by atomic mass is 35.5. The minimum Gasteiger partial charge on any atom is -0.497 e. The number of aliphatic hydroxyl groups excluding tert-OH is 1. The molecule has 0 aliphatic carbocycles. The summed E-state index contributed by atoms with van der Waals surface area (Å²) in [7, 11) is 1.60. The second-order valence-electron chi connectivity index (χ2n) is 9.78. The number of carboxylic acid groups (broad SMARTS) is 1. The van der Waals surface area contributed by atoms with Crippen molar-refractivity contribution in [3.8, 4) is 5.75 Å². The molecule has 188 valence electrons. The molecule has 1 aliphatic heterocycles. The number of methoxy groups -OCH3 is 1. The van der Waals surface area contributed by atoms with Gasteiger partial charge in [-0.05, 0) is 75.4 Å². The molecule has 1 atom stereocenters. The van der Waals surface area contributed by atoms with Crippen molar-refractivity contribution in [2.75, 3.05) is 26.7 Å². The minimum absolute atomic E-state index is 0.142. The van der Waals surface area contributed by atoms with Crippen molar-refractivity contribution in [3.05, 3.63) is 35.0 Å². The number of hydrogen-bond acceptors (Lipinski definition) is 5. The Kier molecular flexibility index (Phi) is 9.98. The molecular weight excluding hydrogens is 452 g/mol. The van der Waals surface area contributed by atoms with Crippen LogP contribution < -0.4 is 4.74 Å². The molecular formula is C27H39ClN2O4. The summed E-state index contributed by atoms with van der Waals surface area (Å²) in [6, 6.07) is 5.53. The summed E-state index contributed by atoms with van der Waals surface area (Å²) >= 11 is 6.47. The predicted octanol–water partition coefficient (Wildman–Crippen LogP) is 6.24. The lowest BCUT2D eigenvalue weighted by Gasteiger charge is -2.41. The van der Waals surface area contributed by atoms with Crippen molar-refractivity contribution >= 4 is 28.5 Å². The summed E-state index contributed by atoms with van der Waals surface area (Å²) in [6.07, 6.45) is 10.0. The normalized spacial score (nSPS) is 17.1. The van der Waals surface area contributed by atoms with Crippen LogP contribution in [0.25, 0.3) is 10.9 Å². The first kappa shape index (κ1) is 26.7. The van der Waals surface area contributed by atoms with Gasteiger partial charge in [-0.3, -0.25) is 9.78 Å². The first-order valence-electron chi connectivity index (χ1n) is 12.6. The summed E-state index contributed by atoms with van der Waals surface area (Å²) in [4.78, 5) is 18.6. The first-order chi connectivity index (χ1) is 16.4. The van der Waals surface area contributed by atoms with E-state index in [-0.39, 0.29) is 11.8 Å². The number of halogens is 1. The van der Waals surface area contributed by atoms with Gasteiger partial charge in [0.25, 0.3) is 0 Å². The number of aliphatic carboxylic acids is 1. The predicted molar refractivity (Wildman–Crippen MR) is 137 cm³/mol. The van der Waals surface area contributed by atoms with Gasteiger partial charge < -0.3 is 19.8 Å². The fourth-order valence-electron chi connectivity index (χ4n) is 5.25. The number of nitrogens with zero attached hydrogens (tertiary/aromatic N) is 2. The van der Waals surface area contributed by atoms with Gasteiger partial charge in [0.15, 0.2) is 0 Å². The van der Waals surface area contributed by atoms with E-state index < -0.39 is 12.1 Å². The maximum Gasteiger partial charge on any atom is 0.303 e. The molecule has 2 N–H and O–H groups in total. The number of rotatable bonds is 13. The van der Waals surface area contributed by atoms with Crippen molar-refractivity contribution in [1.29, 1.82) is 0 Å². The van der Waals surface area contributed by atoms with Crippen molar-refractivity contribution in [3.63, 3.8) is 0 Å². The number of unbranched alkanes of at least 4 members (excludes halogenated alkanes) is 4. The lowest BCUT2D eigenvalue weighted by Crippen LogP contribution is -2.41. The van der Waals surface area contributed by atoms with E-state index in [4.69, 9.17) is 16.3 Å². The zero-order valence-electron chi connectivity index (χ0n) is 20.6. The fourth-order valence-corrected chi connectivity index (χ4v) is 5.52. The second-order valence-corrected chi connectivity index (χ2v) is 10.2. The summed E-state index contributed by atoms with van der Waals surface area (Å²) in [5.74, 6) is -0.0888. The highest BCUT2D eigenvalue weighted by Crippen LogP contribution is 2.43. The smallest absolute Gasteiger partial charge is 0.303 e. The van der Waals surface area contributed by atoms with Crippen LogP contribution in [0.15, 0.2) is 24.4 Å². The Hall–Kier alpha value is -1.89. The molecule has 0 bridgehead atoms. The molecule has 34 heavy (non-hydrogen) atoms. The summed E-state index contributed by atoms with van der Waals surface area (Å²) < 4.78 is 5.35. The molecule has 2 aromatic rings. The molecule has 1 unspecified atom stereocenters. The average Bonchev–Trinajstić information content (AvgIpc) is 2.83. The number of hydrogen-bond donors (Lipinski definition) is 2. The summed E-state index contributed by atoms with van der Waals surface area (Å²) in [5, 5.41) is 22.0. The molecule has 7 heteroatoms. The third-order valence-electron chi connectivity index (χ3n) is 7.37. The van der Waals surface area contributed by atoms with Gasteiger partial charge >= 0.3 is 5.97 Å². The van der Waals surface area contributed by atoms with E-state index in [0.717, 1.165) is 43.4 Å². The first-order valence-corrected chi connectivity index (χ1v) is 13.0. The Morgan fingerprint density at radius 1 is 1.24 bits per heavy atom. The SMILES string of the molecule is CCCCCCCN1CCC(CCC(O)c2c(Cl)cnc3ccc(OC)cc23)(CC(=O)O)CC1. The van der Waals surface area contributed by atoms with Gasteiger partial charge in [0.2, 0.25) is 0 Å². The number of aromatic nitrogens is 1. The third-order valence-corrected chi connectivity index (χ3v) is 7.67. The number of aliphatic hydroxyl groups is 1. The topological polar surface area (TPSA) is 82.9 Å². The van der Waals surface area contributed by atoms with Gasteiger partial charge in [-0.25, -0.2) is 0 Å². The molecule has 0 radical (unpaired) electrons. The van der Waals surface area contributed by atoms with E-state index in [0.29, 0.717) is 29.2 Å². The molecule has 1 aliphatic rings. The minimum atomic E-state index is -0.799. The number of piperidine rings is 1. The highest BCUT2D eigenvalue weighted by Gasteiger charge is 2.37. The molecule has 1 fully saturated rings. The molecule has 1 saturated heterocycles. The van der Waals surface area contributed by atoms with Crippen LogP contribution >= 0.6 is 11.6 Å². The molecule has 6 nitrogen and oxygen atoms in total. The molecule has 0 spiro atoms. The van der Waals surface area contributed by atoms with E-state index in [1.807, 2.05) is 18.2 Å². The Morgan fingerprint density at radius 2 is 1.97 bits per heavy atom. The molecule has 3 rings (SSSR count). The molecule has 0 amide bonds. The van der Waals surface area contributed by atoms with Crippen LogP contribution in [-0.4, -0.2) is 52.8 Å². The van der Waals surface area contributed by atoms with Crippen molar-refractivity contribution < 1.29 is 19.7 Å². The van der Waals surface area contributed by atoms with E-state index in [1.165, 1.54) is 32.1 Å². The largest absolute Gasteiger partial charge is 0.497 e.